The van der Waals surface area contributed by atoms with Gasteiger partial charge in [0.25, 0.3) is 0 Å². The molecule has 4 nitrogen and oxygen atoms in total. The summed E-state index contributed by atoms with van der Waals surface area (Å²) in [4.78, 5) is 5.05. The topological polar surface area (TPSA) is 27.7 Å². The largest absolute Gasteiger partial charge is 0.493 e. The Hall–Kier alpha value is -2.53. The molecular weight excluding hydrogens is 413 g/mol. The van der Waals surface area contributed by atoms with Crippen LogP contribution in [0, 0.1) is 11.7 Å². The molecule has 2 aliphatic heterocycles. The summed E-state index contributed by atoms with van der Waals surface area (Å²) in [6, 6.07) is 16.3. The van der Waals surface area contributed by atoms with Crippen molar-refractivity contribution in [2.24, 2.45) is 5.92 Å². The number of rotatable bonds is 10. The fraction of sp³-hybridized carbons (Fsp3) is 0.500. The molecule has 2 fully saturated rings. The van der Waals surface area contributed by atoms with Gasteiger partial charge in [0.2, 0.25) is 0 Å². The van der Waals surface area contributed by atoms with Gasteiger partial charge in [-0.05, 0) is 73.5 Å². The normalized spacial score (nSPS) is 20.5. The van der Waals surface area contributed by atoms with Crippen molar-refractivity contribution in [3.63, 3.8) is 0 Å². The molecule has 2 aromatic carbocycles. The molecule has 5 heteroatoms. The van der Waals surface area contributed by atoms with Crippen LogP contribution >= 0.6 is 0 Å². The van der Waals surface area contributed by atoms with Gasteiger partial charge in [-0.3, -0.25) is 0 Å². The predicted molar refractivity (Wildman–Crippen MR) is 132 cm³/mol. The van der Waals surface area contributed by atoms with E-state index in [4.69, 9.17) is 4.74 Å². The van der Waals surface area contributed by atoms with Gasteiger partial charge in [-0.15, -0.1) is 0 Å². The summed E-state index contributed by atoms with van der Waals surface area (Å²) < 4.78 is 19.2. The highest BCUT2D eigenvalue weighted by molar-refractivity contribution is 5.27. The third-order valence-corrected chi connectivity index (χ3v) is 6.85. The number of benzene rings is 2. The standard InChI is InChI=1S/C28H38FN3O/c1-21(2)20-33-28-12-8-23(9-13-28)18-30-22(3)32(19-24-6-10-25(29)11-7-24)27-14-16-31-15-4-5-26(31)17-27/h6-13,21,26-27,30H,3-5,14-20H2,1-2H3. The van der Waals surface area contributed by atoms with Crippen LogP contribution in [0.2, 0.25) is 0 Å². The predicted octanol–water partition coefficient (Wildman–Crippen LogP) is 5.55. The first kappa shape index (κ1) is 23.6. The van der Waals surface area contributed by atoms with Gasteiger partial charge in [0.15, 0.2) is 0 Å². The van der Waals surface area contributed by atoms with Crippen molar-refractivity contribution < 1.29 is 9.13 Å². The summed E-state index contributed by atoms with van der Waals surface area (Å²) >= 11 is 0. The molecule has 1 N–H and O–H groups in total. The van der Waals surface area contributed by atoms with Gasteiger partial charge >= 0.3 is 0 Å². The summed E-state index contributed by atoms with van der Waals surface area (Å²) in [6.45, 7) is 13.3. The number of halogens is 1. The third-order valence-electron chi connectivity index (χ3n) is 6.85. The summed E-state index contributed by atoms with van der Waals surface area (Å²) in [5, 5.41) is 3.56. The fourth-order valence-electron chi connectivity index (χ4n) is 4.99. The summed E-state index contributed by atoms with van der Waals surface area (Å²) in [7, 11) is 0. The first-order valence-corrected chi connectivity index (χ1v) is 12.4. The molecule has 0 amide bonds. The van der Waals surface area contributed by atoms with Gasteiger partial charge in [-0.2, -0.15) is 0 Å². The van der Waals surface area contributed by atoms with Crippen molar-refractivity contribution in [1.82, 2.24) is 15.1 Å². The van der Waals surface area contributed by atoms with Crippen molar-refractivity contribution in [2.45, 2.75) is 64.7 Å². The van der Waals surface area contributed by atoms with Crippen LogP contribution in [-0.2, 0) is 13.1 Å². The Bertz CT molecular complexity index is 896. The van der Waals surface area contributed by atoms with E-state index in [9.17, 15) is 4.39 Å². The van der Waals surface area contributed by atoms with E-state index in [1.54, 1.807) is 12.1 Å². The first-order valence-electron chi connectivity index (χ1n) is 12.4. The van der Waals surface area contributed by atoms with Crippen LogP contribution in [0.25, 0.3) is 0 Å². The smallest absolute Gasteiger partial charge is 0.123 e. The van der Waals surface area contributed by atoms with Crippen molar-refractivity contribution in [2.75, 3.05) is 19.7 Å². The van der Waals surface area contributed by atoms with Crippen LogP contribution in [0.1, 0.15) is 50.7 Å². The number of fused-ring (bicyclic) bond motifs is 1. The Morgan fingerprint density at radius 2 is 1.82 bits per heavy atom. The number of hydrogen-bond donors (Lipinski definition) is 1. The quantitative estimate of drug-likeness (QED) is 0.513. The monoisotopic (exact) mass is 451 g/mol. The van der Waals surface area contributed by atoms with E-state index in [1.807, 2.05) is 24.3 Å². The molecule has 0 spiro atoms. The van der Waals surface area contributed by atoms with Crippen LogP contribution < -0.4 is 10.1 Å². The number of ether oxygens (including phenoxy) is 1. The van der Waals surface area contributed by atoms with Crippen LogP contribution in [0.3, 0.4) is 0 Å². The molecule has 178 valence electrons. The zero-order valence-corrected chi connectivity index (χ0v) is 20.1. The first-order chi connectivity index (χ1) is 16.0. The molecule has 0 aliphatic carbocycles. The van der Waals surface area contributed by atoms with E-state index in [1.165, 1.54) is 31.4 Å². The minimum Gasteiger partial charge on any atom is -0.493 e. The Balaban J connectivity index is 1.39. The second kappa shape index (κ2) is 11.1. The van der Waals surface area contributed by atoms with Crippen molar-refractivity contribution in [3.05, 3.63) is 77.9 Å². The van der Waals surface area contributed by atoms with E-state index in [0.717, 1.165) is 43.3 Å². The SMILES string of the molecule is C=C(NCc1ccc(OCC(C)C)cc1)N(Cc1ccc(F)cc1)C1CCN2CCCC2C1. The molecule has 0 bridgehead atoms. The second-order valence-corrected chi connectivity index (χ2v) is 9.91. The van der Waals surface area contributed by atoms with Gasteiger partial charge < -0.3 is 19.9 Å². The highest BCUT2D eigenvalue weighted by Gasteiger charge is 2.34. The zero-order chi connectivity index (χ0) is 23.2. The molecule has 0 aromatic heterocycles. The second-order valence-electron chi connectivity index (χ2n) is 9.91. The van der Waals surface area contributed by atoms with Crippen LogP contribution in [0.15, 0.2) is 60.9 Å². The lowest BCUT2D eigenvalue weighted by Gasteiger charge is -2.42. The molecule has 2 aromatic rings. The highest BCUT2D eigenvalue weighted by atomic mass is 19.1. The van der Waals surface area contributed by atoms with Gasteiger partial charge in [-0.1, -0.05) is 44.7 Å². The van der Waals surface area contributed by atoms with E-state index in [2.05, 4.69) is 47.7 Å². The third kappa shape index (κ3) is 6.50. The molecule has 2 saturated heterocycles. The summed E-state index contributed by atoms with van der Waals surface area (Å²) in [5.74, 6) is 2.17. The minimum atomic E-state index is -0.192. The maximum atomic E-state index is 13.5. The zero-order valence-electron chi connectivity index (χ0n) is 20.1. The lowest BCUT2D eigenvalue weighted by atomic mass is 9.95. The average Bonchev–Trinajstić information content (AvgIpc) is 3.29. The van der Waals surface area contributed by atoms with Crippen molar-refractivity contribution >= 4 is 0 Å². The lowest BCUT2D eigenvalue weighted by molar-refractivity contribution is 0.0998. The van der Waals surface area contributed by atoms with Gasteiger partial charge in [-0.25, -0.2) is 4.39 Å². The molecule has 0 radical (unpaired) electrons. The maximum absolute atomic E-state index is 13.5. The Kier molecular flexibility index (Phi) is 7.92. The van der Waals surface area contributed by atoms with Gasteiger partial charge in [0.05, 0.1) is 12.4 Å². The molecule has 33 heavy (non-hydrogen) atoms. The van der Waals surface area contributed by atoms with E-state index >= 15 is 0 Å². The average molecular weight is 452 g/mol. The molecular formula is C28H38FN3O. The fourth-order valence-corrected chi connectivity index (χ4v) is 4.99. The van der Waals surface area contributed by atoms with Gasteiger partial charge in [0.1, 0.15) is 11.6 Å². The van der Waals surface area contributed by atoms with E-state index in [-0.39, 0.29) is 5.82 Å². The van der Waals surface area contributed by atoms with E-state index < -0.39 is 0 Å². The Labute approximate surface area is 198 Å². The molecule has 2 unspecified atom stereocenters. The molecule has 2 heterocycles. The highest BCUT2D eigenvalue weighted by Crippen LogP contribution is 2.31. The van der Waals surface area contributed by atoms with Crippen LogP contribution in [-0.4, -0.2) is 41.6 Å². The number of hydrogen-bond acceptors (Lipinski definition) is 4. The molecule has 2 atom stereocenters. The van der Waals surface area contributed by atoms with E-state index in [0.29, 0.717) is 24.5 Å². The number of piperidine rings is 1. The Morgan fingerprint density at radius 3 is 2.55 bits per heavy atom. The van der Waals surface area contributed by atoms with Gasteiger partial charge in [0, 0.05) is 31.7 Å². The van der Waals surface area contributed by atoms with Crippen molar-refractivity contribution in [1.29, 1.82) is 0 Å². The van der Waals surface area contributed by atoms with Crippen molar-refractivity contribution in [3.8, 4) is 5.75 Å². The minimum absolute atomic E-state index is 0.192. The molecule has 4 rings (SSSR count). The maximum Gasteiger partial charge on any atom is 0.123 e. The summed E-state index contributed by atoms with van der Waals surface area (Å²) in [5.41, 5.74) is 2.31. The van der Waals surface area contributed by atoms with Crippen LogP contribution in [0.4, 0.5) is 4.39 Å². The molecule has 2 aliphatic rings. The van der Waals surface area contributed by atoms with Crippen LogP contribution in [0.5, 0.6) is 5.75 Å². The Morgan fingerprint density at radius 1 is 1.09 bits per heavy atom. The summed E-state index contributed by atoms with van der Waals surface area (Å²) in [6.07, 6.45) is 4.92. The lowest BCUT2D eigenvalue weighted by Crippen LogP contribution is -2.48. The molecule has 0 saturated carbocycles. The number of nitrogens with zero attached hydrogens (tertiary/aromatic N) is 2. The number of nitrogens with one attached hydrogen (secondary N) is 1.